The predicted octanol–water partition coefficient (Wildman–Crippen LogP) is 5.33. The Labute approximate surface area is 301 Å². The lowest BCUT2D eigenvalue weighted by Crippen LogP contribution is -2.65. The van der Waals surface area contributed by atoms with E-state index in [0.29, 0.717) is 42.7 Å². The van der Waals surface area contributed by atoms with E-state index in [4.69, 9.17) is 14.2 Å². The molecule has 1 aliphatic carbocycles. The van der Waals surface area contributed by atoms with Crippen molar-refractivity contribution in [3.05, 3.63) is 89.0 Å². The van der Waals surface area contributed by atoms with Crippen molar-refractivity contribution in [1.29, 1.82) is 0 Å². The van der Waals surface area contributed by atoms with E-state index in [9.17, 15) is 20.1 Å². The highest BCUT2D eigenvalue weighted by atomic mass is 16.5. The van der Waals surface area contributed by atoms with Crippen LogP contribution in [0.3, 0.4) is 0 Å². The third kappa shape index (κ3) is 8.11. The van der Waals surface area contributed by atoms with Crippen molar-refractivity contribution in [2.45, 2.75) is 75.9 Å². The minimum atomic E-state index is -0.940. The first kappa shape index (κ1) is 35.9. The summed E-state index contributed by atoms with van der Waals surface area (Å²) in [6.07, 6.45) is 6.07. The van der Waals surface area contributed by atoms with Gasteiger partial charge in [-0.2, -0.15) is 0 Å². The molecule has 0 spiro atoms. The second-order valence-electron chi connectivity index (χ2n) is 15.3. The zero-order chi connectivity index (χ0) is 35.4. The number of phenols is 1. The number of carbonyl (C=O) groups excluding carboxylic acids is 1. The number of carbonyl (C=O) groups is 1. The topological polar surface area (TPSA) is 130 Å². The number of nitrogens with zero attached hydrogens (tertiary/aromatic N) is 1. The molecule has 3 saturated heterocycles. The van der Waals surface area contributed by atoms with E-state index in [-0.39, 0.29) is 42.9 Å². The van der Waals surface area contributed by atoms with Crippen molar-refractivity contribution in [1.82, 2.24) is 5.32 Å². The predicted molar refractivity (Wildman–Crippen MR) is 194 cm³/mol. The number of nitrogens with one attached hydrogen (secondary N) is 2. The van der Waals surface area contributed by atoms with Gasteiger partial charge in [-0.25, -0.2) is 0 Å². The third-order valence-electron chi connectivity index (χ3n) is 12.0. The van der Waals surface area contributed by atoms with Gasteiger partial charge in [0.25, 0.3) is 5.91 Å². The molecule has 3 aromatic carbocycles. The first-order valence-corrected chi connectivity index (χ1v) is 18.8. The average molecular weight is 701 g/mol. The van der Waals surface area contributed by atoms with Crippen molar-refractivity contribution in [3.63, 3.8) is 0 Å². The largest absolute Gasteiger partial charge is 0.508 e. The number of amides is 1. The first-order valence-electron chi connectivity index (χ1n) is 18.8. The van der Waals surface area contributed by atoms with Gasteiger partial charge < -0.3 is 44.6 Å². The zero-order valence-corrected chi connectivity index (χ0v) is 29.8. The lowest BCUT2D eigenvalue weighted by atomic mass is 9.80. The van der Waals surface area contributed by atoms with Crippen LogP contribution in [0.5, 0.6) is 11.5 Å². The number of quaternary nitrogens is 1. The van der Waals surface area contributed by atoms with E-state index in [0.717, 1.165) is 47.1 Å². The molecule has 4 atom stereocenters. The molecule has 0 radical (unpaired) electrons. The van der Waals surface area contributed by atoms with Crippen molar-refractivity contribution in [3.8, 4) is 11.5 Å². The fourth-order valence-electron chi connectivity index (χ4n) is 8.85. The molecule has 274 valence electrons. The van der Waals surface area contributed by atoms with Gasteiger partial charge in [-0.3, -0.25) is 4.79 Å². The summed E-state index contributed by atoms with van der Waals surface area (Å²) in [7, 11) is 0. The van der Waals surface area contributed by atoms with Crippen molar-refractivity contribution in [2.75, 3.05) is 57.9 Å². The molecule has 1 amide bonds. The van der Waals surface area contributed by atoms with Gasteiger partial charge in [0.05, 0.1) is 44.7 Å². The van der Waals surface area contributed by atoms with Gasteiger partial charge in [0, 0.05) is 43.0 Å². The number of phenolic OH excluding ortho intramolecular Hbond substituents is 1. The molecule has 4 aliphatic heterocycles. The number of aliphatic hydroxyl groups excluding tert-OH is 1. The molecule has 1 saturated carbocycles. The number of benzene rings is 3. The Morgan fingerprint density at radius 2 is 1.78 bits per heavy atom. The van der Waals surface area contributed by atoms with E-state index in [1.807, 2.05) is 25.1 Å². The maximum atomic E-state index is 12.0. The number of aromatic hydroxyl groups is 1. The van der Waals surface area contributed by atoms with Gasteiger partial charge in [0.2, 0.25) is 0 Å². The molecule has 5 aliphatic rings. The molecule has 0 aromatic heterocycles. The van der Waals surface area contributed by atoms with E-state index in [1.54, 1.807) is 0 Å². The number of hydrogen-bond acceptors (Lipinski definition) is 8. The van der Waals surface area contributed by atoms with Gasteiger partial charge in [-0.15, -0.1) is 0 Å². The lowest BCUT2D eigenvalue weighted by Gasteiger charge is -2.52. The van der Waals surface area contributed by atoms with Crippen LogP contribution in [-0.4, -0.2) is 84.4 Å². The summed E-state index contributed by atoms with van der Waals surface area (Å²) in [5.41, 5.74) is 3.05. The Balaban J connectivity index is 0.868. The Hall–Kier alpha value is -3.51. The highest BCUT2D eigenvalue weighted by Crippen LogP contribution is 2.43. The maximum absolute atomic E-state index is 12.0. The molecule has 51 heavy (non-hydrogen) atoms. The van der Waals surface area contributed by atoms with E-state index < -0.39 is 11.7 Å². The standard InChI is InChI=1S/C41H53N3O7/c1-28(42-23-37(46)35-21-34(45)22-36-40(35)50-26-39(47)43-36)30-13-11-29(12-14-30)25-49-20-19-44-17-15-31(16-18-44)38(24-44)51-27-41(48,33-9-5-6-10-33)32-7-3-2-4-8-32/h2-4,7-8,11-14,21-22,28,31,33,37-38,42,46,48H,5-6,9-10,15-20,23-27H2,1H3,(H-,43,45,47)/p+1/t28-,31?,37-,38-,41?,44?/m0/s1. The summed E-state index contributed by atoms with van der Waals surface area (Å²) in [6, 6.07) is 21.4. The van der Waals surface area contributed by atoms with Crippen LogP contribution >= 0.6 is 0 Å². The molecule has 8 rings (SSSR count). The van der Waals surface area contributed by atoms with Gasteiger partial charge in [0.15, 0.2) is 6.61 Å². The van der Waals surface area contributed by atoms with E-state index >= 15 is 0 Å². The van der Waals surface area contributed by atoms with E-state index in [1.165, 1.54) is 50.9 Å². The number of piperidine rings is 3. The highest BCUT2D eigenvalue weighted by molar-refractivity contribution is 5.96. The van der Waals surface area contributed by atoms with Gasteiger partial charge >= 0.3 is 0 Å². The summed E-state index contributed by atoms with van der Waals surface area (Å²) in [4.78, 5) is 11.7. The SMILES string of the molecule is C[C@H](NC[C@H](O)c1cc(O)cc2c1OCC(=O)N2)c1ccc(COCC[N+]23CCC(CC2)[C@@H](OCC(O)(c2ccccc2)C2CCCC2)C3)cc1. The van der Waals surface area contributed by atoms with Crippen LogP contribution in [0, 0.1) is 11.8 Å². The van der Waals surface area contributed by atoms with Gasteiger partial charge in [-0.05, 0) is 48.4 Å². The summed E-state index contributed by atoms with van der Waals surface area (Å²) in [5, 5.41) is 39.1. The van der Waals surface area contributed by atoms with Crippen molar-refractivity contribution < 1.29 is 38.8 Å². The molecule has 10 nitrogen and oxygen atoms in total. The summed E-state index contributed by atoms with van der Waals surface area (Å²) in [6.45, 7) is 8.07. The average Bonchev–Trinajstić information content (AvgIpc) is 3.71. The van der Waals surface area contributed by atoms with Gasteiger partial charge in [0.1, 0.15) is 36.3 Å². The molecule has 3 aromatic rings. The lowest BCUT2D eigenvalue weighted by molar-refractivity contribution is -0.946. The first-order chi connectivity index (χ1) is 24.7. The summed E-state index contributed by atoms with van der Waals surface area (Å²) >= 11 is 0. The smallest absolute Gasteiger partial charge is 0.262 e. The number of hydrogen-bond donors (Lipinski definition) is 5. The van der Waals surface area contributed by atoms with Crippen LogP contribution in [0.2, 0.25) is 0 Å². The Kier molecular flexibility index (Phi) is 11.0. The van der Waals surface area contributed by atoms with Crippen LogP contribution in [0.25, 0.3) is 0 Å². The monoisotopic (exact) mass is 700 g/mol. The highest BCUT2D eigenvalue weighted by Gasteiger charge is 2.48. The summed E-state index contributed by atoms with van der Waals surface area (Å²) < 4.78 is 19.5. The fourth-order valence-corrected chi connectivity index (χ4v) is 8.85. The molecule has 4 fully saturated rings. The van der Waals surface area contributed by atoms with Crippen molar-refractivity contribution >= 4 is 11.6 Å². The third-order valence-corrected chi connectivity index (χ3v) is 12.0. The fraction of sp³-hybridized carbons (Fsp3) is 0.537. The molecule has 1 unspecified atom stereocenters. The number of aliphatic hydroxyl groups is 2. The second-order valence-corrected chi connectivity index (χ2v) is 15.3. The quantitative estimate of drug-likeness (QED) is 0.106. The number of fused-ring (bicyclic) bond motifs is 4. The van der Waals surface area contributed by atoms with Crippen LogP contribution in [0.1, 0.15) is 79.8 Å². The Morgan fingerprint density at radius 1 is 1.04 bits per heavy atom. The molecule has 5 N–H and O–H groups in total. The van der Waals surface area contributed by atoms with Crippen LogP contribution in [0.4, 0.5) is 5.69 Å². The number of rotatable bonds is 15. The van der Waals surface area contributed by atoms with Crippen molar-refractivity contribution in [2.24, 2.45) is 11.8 Å². The second kappa shape index (κ2) is 15.6. The summed E-state index contributed by atoms with van der Waals surface area (Å²) in [5.74, 6) is 0.858. The molecular formula is C41H54N3O7+. The molecule has 10 heteroatoms. The zero-order valence-electron chi connectivity index (χ0n) is 29.8. The minimum absolute atomic E-state index is 0.0294. The Bertz CT molecular complexity index is 1620. The molecule has 2 bridgehead atoms. The molecule has 4 heterocycles. The normalized spacial score (nSPS) is 25.4. The number of anilines is 1. The van der Waals surface area contributed by atoms with E-state index in [2.05, 4.69) is 47.0 Å². The Morgan fingerprint density at radius 3 is 2.53 bits per heavy atom. The maximum Gasteiger partial charge on any atom is 0.262 e. The van der Waals surface area contributed by atoms with Crippen LogP contribution in [-0.2, 0) is 26.5 Å². The molecular weight excluding hydrogens is 646 g/mol. The van der Waals surface area contributed by atoms with Gasteiger partial charge in [-0.1, -0.05) is 67.4 Å². The number of ether oxygens (including phenoxy) is 3. The minimum Gasteiger partial charge on any atom is -0.508 e. The van der Waals surface area contributed by atoms with Crippen LogP contribution in [0.15, 0.2) is 66.7 Å². The van der Waals surface area contributed by atoms with Crippen LogP contribution < -0.4 is 15.4 Å².